The quantitative estimate of drug-likeness (QED) is 0.543. The molecule has 1 heterocycles. The summed E-state index contributed by atoms with van der Waals surface area (Å²) in [6.45, 7) is 3.75. The molecule has 1 aromatic heterocycles. The average molecular weight is 366 g/mol. The Bertz CT molecular complexity index is 685. The Morgan fingerprint density at radius 2 is 2.00 bits per heavy atom. The van der Waals surface area contributed by atoms with Crippen molar-refractivity contribution in [1.82, 2.24) is 19.9 Å². The molecule has 0 aliphatic heterocycles. The maximum Gasteiger partial charge on any atom is 0.362 e. The summed E-state index contributed by atoms with van der Waals surface area (Å²) < 4.78 is 5.28. The van der Waals surface area contributed by atoms with Crippen molar-refractivity contribution in [3.8, 4) is 0 Å². The fraction of sp³-hybridized carbons (Fsp3) is 0.471. The molecule has 0 fully saturated rings. The molecule has 0 aliphatic rings. The van der Waals surface area contributed by atoms with Crippen LogP contribution in [0.1, 0.15) is 30.3 Å². The van der Waals surface area contributed by atoms with Gasteiger partial charge in [0.05, 0.1) is 13.2 Å². The highest BCUT2D eigenvalue weighted by Crippen LogP contribution is 2.20. The van der Waals surface area contributed by atoms with Crippen molar-refractivity contribution in [3.63, 3.8) is 0 Å². The number of ether oxygens (including phenoxy) is 1. The van der Waals surface area contributed by atoms with Gasteiger partial charge in [0, 0.05) is 17.3 Å². The smallest absolute Gasteiger partial charge is 0.362 e. The molecule has 2 aromatic rings. The first-order valence-electron chi connectivity index (χ1n) is 8.29. The fourth-order valence-electron chi connectivity index (χ4n) is 2.01. The zero-order chi connectivity index (χ0) is 18.2. The van der Waals surface area contributed by atoms with Gasteiger partial charge < -0.3 is 15.0 Å². The van der Waals surface area contributed by atoms with Crippen LogP contribution in [0.4, 0.5) is 11.5 Å². The van der Waals surface area contributed by atoms with Gasteiger partial charge in [0.1, 0.15) is 0 Å². The van der Waals surface area contributed by atoms with E-state index in [0.29, 0.717) is 24.0 Å². The summed E-state index contributed by atoms with van der Waals surface area (Å²) in [5, 5.41) is 12.4. The molecule has 2 rings (SSSR count). The number of rotatable bonds is 9. The Morgan fingerprint density at radius 3 is 2.64 bits per heavy atom. The molecule has 0 saturated heterocycles. The van der Waals surface area contributed by atoms with Crippen LogP contribution in [0.3, 0.4) is 0 Å². The normalized spacial score (nSPS) is 10.9. The second kappa shape index (κ2) is 9.39. The van der Waals surface area contributed by atoms with Crippen molar-refractivity contribution in [2.75, 3.05) is 32.6 Å². The summed E-state index contributed by atoms with van der Waals surface area (Å²) in [7, 11) is 3.94. The van der Waals surface area contributed by atoms with Crippen LogP contribution in [-0.4, -0.2) is 53.1 Å². The number of carbonyl (C=O) groups is 1. The highest BCUT2D eigenvalue weighted by atomic mass is 35.5. The molecule has 8 heteroatoms. The van der Waals surface area contributed by atoms with Crippen LogP contribution in [-0.2, 0) is 11.3 Å². The Morgan fingerprint density at radius 1 is 1.28 bits per heavy atom. The van der Waals surface area contributed by atoms with E-state index in [1.54, 1.807) is 12.1 Å². The van der Waals surface area contributed by atoms with E-state index in [0.717, 1.165) is 25.1 Å². The summed E-state index contributed by atoms with van der Waals surface area (Å²) >= 11 is 5.90. The van der Waals surface area contributed by atoms with Gasteiger partial charge in [-0.3, -0.25) is 0 Å². The molecular formula is C17H24ClN5O2. The zero-order valence-electron chi connectivity index (χ0n) is 14.8. The van der Waals surface area contributed by atoms with Crippen molar-refractivity contribution in [2.45, 2.75) is 26.3 Å². The third kappa shape index (κ3) is 6.03. The Kier molecular flexibility index (Phi) is 7.21. The molecule has 0 aliphatic carbocycles. The number of carbonyl (C=O) groups excluding carboxylic acids is 1. The Balaban J connectivity index is 2.18. The van der Waals surface area contributed by atoms with E-state index in [-0.39, 0.29) is 5.69 Å². The topological polar surface area (TPSA) is 72.3 Å². The van der Waals surface area contributed by atoms with Crippen molar-refractivity contribution >= 4 is 29.1 Å². The highest BCUT2D eigenvalue weighted by molar-refractivity contribution is 6.30. The summed E-state index contributed by atoms with van der Waals surface area (Å²) in [6, 6.07) is 7.15. The van der Waals surface area contributed by atoms with Crippen molar-refractivity contribution in [1.29, 1.82) is 0 Å². The van der Waals surface area contributed by atoms with E-state index in [4.69, 9.17) is 16.3 Å². The summed E-state index contributed by atoms with van der Waals surface area (Å²) in [5.41, 5.74) is 0.955. The molecule has 0 radical (unpaired) electrons. The maximum absolute atomic E-state index is 12.3. The second-order valence-electron chi connectivity index (χ2n) is 5.92. The number of halogens is 1. The molecule has 0 atom stereocenters. The van der Waals surface area contributed by atoms with E-state index in [2.05, 4.69) is 15.5 Å². The third-order valence-corrected chi connectivity index (χ3v) is 3.69. The van der Waals surface area contributed by atoms with Crippen molar-refractivity contribution < 1.29 is 9.53 Å². The van der Waals surface area contributed by atoms with Gasteiger partial charge in [0.25, 0.3) is 0 Å². The molecule has 7 nitrogen and oxygen atoms in total. The lowest BCUT2D eigenvalue weighted by Crippen LogP contribution is -2.20. The number of unbranched alkanes of at least 4 members (excludes halogenated alkanes) is 1. The molecule has 0 spiro atoms. The van der Waals surface area contributed by atoms with E-state index in [9.17, 15) is 4.79 Å². The number of likely N-dealkylation sites (N-methyl/N-ethyl adjacent to an activating group) is 1. The lowest BCUT2D eigenvalue weighted by Gasteiger charge is -2.07. The molecule has 1 N–H and O–H groups in total. The molecule has 0 bridgehead atoms. The van der Waals surface area contributed by atoms with Gasteiger partial charge in [-0.25, -0.2) is 4.79 Å². The summed E-state index contributed by atoms with van der Waals surface area (Å²) in [4.78, 5) is 15.9. The van der Waals surface area contributed by atoms with E-state index in [1.807, 2.05) is 38.1 Å². The SMILES string of the molecule is CCCCOC(=O)c1nn(CCN(C)C)nc1Nc1ccc(Cl)cc1. The summed E-state index contributed by atoms with van der Waals surface area (Å²) in [5.74, 6) is -0.0939. The number of benzene rings is 1. The van der Waals surface area contributed by atoms with Gasteiger partial charge in [-0.2, -0.15) is 4.80 Å². The van der Waals surface area contributed by atoms with Gasteiger partial charge in [0.2, 0.25) is 5.69 Å². The van der Waals surface area contributed by atoms with Gasteiger partial charge in [0.15, 0.2) is 5.82 Å². The number of nitrogens with one attached hydrogen (secondary N) is 1. The maximum atomic E-state index is 12.3. The highest BCUT2D eigenvalue weighted by Gasteiger charge is 2.20. The second-order valence-corrected chi connectivity index (χ2v) is 6.35. The van der Waals surface area contributed by atoms with Crippen LogP contribution in [0.25, 0.3) is 0 Å². The van der Waals surface area contributed by atoms with Gasteiger partial charge in [-0.1, -0.05) is 24.9 Å². The van der Waals surface area contributed by atoms with Crippen molar-refractivity contribution in [2.24, 2.45) is 0 Å². The fourth-order valence-corrected chi connectivity index (χ4v) is 2.13. The van der Waals surface area contributed by atoms with Crippen LogP contribution in [0.2, 0.25) is 5.02 Å². The Labute approximate surface area is 152 Å². The minimum absolute atomic E-state index is 0.185. The number of anilines is 2. The lowest BCUT2D eigenvalue weighted by atomic mass is 10.3. The minimum atomic E-state index is -0.471. The predicted molar refractivity (Wildman–Crippen MR) is 98.5 cm³/mol. The van der Waals surface area contributed by atoms with E-state index >= 15 is 0 Å². The minimum Gasteiger partial charge on any atom is -0.461 e. The molecule has 136 valence electrons. The first-order chi connectivity index (χ1) is 12.0. The van der Waals surface area contributed by atoms with Crippen LogP contribution >= 0.6 is 11.6 Å². The van der Waals surface area contributed by atoms with E-state index in [1.165, 1.54) is 4.80 Å². The molecule has 25 heavy (non-hydrogen) atoms. The third-order valence-electron chi connectivity index (χ3n) is 3.43. The lowest BCUT2D eigenvalue weighted by molar-refractivity contribution is 0.0493. The first kappa shape index (κ1) is 19.2. The van der Waals surface area contributed by atoms with Gasteiger partial charge in [-0.05, 0) is 44.8 Å². The summed E-state index contributed by atoms with van der Waals surface area (Å²) in [6.07, 6.45) is 1.78. The molecule has 0 amide bonds. The molecular weight excluding hydrogens is 342 g/mol. The number of hydrogen-bond acceptors (Lipinski definition) is 6. The van der Waals surface area contributed by atoms with Crippen LogP contribution in [0, 0.1) is 0 Å². The number of esters is 1. The van der Waals surface area contributed by atoms with Crippen LogP contribution in [0.5, 0.6) is 0 Å². The molecule has 0 saturated carbocycles. The zero-order valence-corrected chi connectivity index (χ0v) is 15.6. The Hall–Kier alpha value is -2.12. The predicted octanol–water partition coefficient (Wildman–Crippen LogP) is 3.19. The van der Waals surface area contributed by atoms with Crippen LogP contribution in [0.15, 0.2) is 24.3 Å². The number of aromatic nitrogens is 3. The van der Waals surface area contributed by atoms with Gasteiger partial charge >= 0.3 is 5.97 Å². The first-order valence-corrected chi connectivity index (χ1v) is 8.67. The number of nitrogens with zero attached hydrogens (tertiary/aromatic N) is 4. The largest absolute Gasteiger partial charge is 0.461 e. The van der Waals surface area contributed by atoms with Gasteiger partial charge in [-0.15, -0.1) is 10.2 Å². The standard InChI is InChI=1S/C17H24ClN5O2/c1-4-5-12-25-17(24)15-16(19-14-8-6-13(18)7-9-14)21-23(20-15)11-10-22(2)3/h6-9H,4-5,10-12H2,1-3H3,(H,19,21). The number of hydrogen-bond donors (Lipinski definition) is 1. The van der Waals surface area contributed by atoms with Crippen molar-refractivity contribution in [3.05, 3.63) is 35.0 Å². The average Bonchev–Trinajstić information content (AvgIpc) is 2.98. The van der Waals surface area contributed by atoms with Crippen LogP contribution < -0.4 is 5.32 Å². The van der Waals surface area contributed by atoms with E-state index < -0.39 is 5.97 Å². The molecule has 0 unspecified atom stereocenters. The monoisotopic (exact) mass is 365 g/mol. The molecule has 1 aromatic carbocycles.